The Hall–Kier alpha value is -4.18. The number of methoxy groups -OCH3 is 2. The van der Waals surface area contributed by atoms with Gasteiger partial charge in [-0.1, -0.05) is 33.3 Å². The molecule has 3 N–H and O–H groups in total. The Morgan fingerprint density at radius 1 is 0.671 bits per heavy atom. The fourth-order valence-electron chi connectivity index (χ4n) is 8.88. The highest BCUT2D eigenvalue weighted by molar-refractivity contribution is 7.86. The van der Waals surface area contributed by atoms with Crippen molar-refractivity contribution in [3.05, 3.63) is 82.6 Å². The van der Waals surface area contributed by atoms with E-state index in [1.54, 1.807) is 20.3 Å². The van der Waals surface area contributed by atoms with Gasteiger partial charge in [0.1, 0.15) is 24.7 Å². The number of carboxylic acids is 1. The van der Waals surface area contributed by atoms with Gasteiger partial charge in [-0.05, 0) is 91.6 Å². The Bertz CT molecular complexity index is 2560. The summed E-state index contributed by atoms with van der Waals surface area (Å²) in [5.41, 5.74) is 2.61. The molecule has 0 saturated heterocycles. The van der Waals surface area contributed by atoms with Gasteiger partial charge in [0.15, 0.2) is 13.1 Å². The van der Waals surface area contributed by atoms with E-state index in [0.29, 0.717) is 186 Å². The number of anilines is 1. The summed E-state index contributed by atoms with van der Waals surface area (Å²) in [6.45, 7) is 18.0. The van der Waals surface area contributed by atoms with Crippen molar-refractivity contribution < 1.29 is 87.6 Å². The Balaban J connectivity index is 1.61. The second kappa shape index (κ2) is 35.6. The van der Waals surface area contributed by atoms with Crippen LogP contribution in [-0.2, 0) is 83.2 Å². The lowest BCUT2D eigenvalue weighted by atomic mass is 9.77. The van der Waals surface area contributed by atoms with Gasteiger partial charge in [0.25, 0.3) is 20.2 Å². The molecule has 1 unspecified atom stereocenters. The highest BCUT2D eigenvalue weighted by Gasteiger charge is 2.43. The van der Waals surface area contributed by atoms with Crippen molar-refractivity contribution in [1.82, 2.24) is 4.58 Å². The second-order valence-corrected chi connectivity index (χ2v) is 23.0. The summed E-state index contributed by atoms with van der Waals surface area (Å²) in [6, 6.07) is 12.5. The Morgan fingerprint density at radius 2 is 1.19 bits per heavy atom. The molecule has 1 atom stereocenters. The zero-order chi connectivity index (χ0) is 57.6. The third kappa shape index (κ3) is 24.8. The number of fused-ring (bicyclic) bond motifs is 2. The molecule has 0 amide bonds. The summed E-state index contributed by atoms with van der Waals surface area (Å²) in [7, 11) is -5.67. The standard InChI is InChI=1S/C56H86N2O19S2/c1-55(2,3)49-43-46(12-10-13-53-56(4,19-11-41-78(61,62)63)50-44-47(79(64,65)66)16-18-51(50)58(53)20-9-7-8-14-54(59)60)77-52-42-45(15-17-48(49)52)57(21-23-69-29-31-73-37-39-75-35-33-71-27-25-67-5)22-24-70-30-32-74-38-40-76-36-34-72-28-26-68-6/h10,12-13,15-18,42-44H,7-9,11,14,19-41H2,1-6H3,(H2-,59,60,61,62,63,64,65,66)/p+1. The van der Waals surface area contributed by atoms with Crippen LogP contribution in [0.5, 0.6) is 0 Å². The highest BCUT2D eigenvalue weighted by atomic mass is 32.2. The summed E-state index contributed by atoms with van der Waals surface area (Å²) in [5, 5.41) is 10.1. The van der Waals surface area contributed by atoms with Crippen LogP contribution in [0.25, 0.3) is 17.4 Å². The maximum absolute atomic E-state index is 12.4. The van der Waals surface area contributed by atoms with Crippen molar-refractivity contribution in [2.24, 2.45) is 0 Å². The van der Waals surface area contributed by atoms with Crippen LogP contribution in [0.3, 0.4) is 0 Å². The molecule has 0 saturated carbocycles. The van der Waals surface area contributed by atoms with E-state index in [4.69, 9.17) is 51.8 Å². The van der Waals surface area contributed by atoms with E-state index < -0.39 is 37.4 Å². The molecule has 23 heteroatoms. The molecule has 0 spiro atoms. The minimum atomic E-state index is -4.61. The number of hydrogen-bond acceptors (Lipinski definition) is 17. The molecule has 1 aromatic rings. The van der Waals surface area contributed by atoms with Gasteiger partial charge < -0.3 is 61.8 Å². The number of hydrogen-bond donors (Lipinski definition) is 3. The molecule has 0 aromatic heterocycles. The second-order valence-electron chi connectivity index (χ2n) is 20.0. The molecule has 4 rings (SSSR count). The van der Waals surface area contributed by atoms with Crippen molar-refractivity contribution in [2.45, 2.75) is 81.9 Å². The third-order valence-corrected chi connectivity index (χ3v) is 14.6. The summed E-state index contributed by atoms with van der Waals surface area (Å²) in [4.78, 5) is 13.0. The van der Waals surface area contributed by atoms with Gasteiger partial charge >= 0.3 is 5.97 Å². The molecule has 0 radical (unpaired) electrons. The van der Waals surface area contributed by atoms with Crippen LogP contribution in [0.4, 0.5) is 5.69 Å². The number of benzene rings is 2. The lowest BCUT2D eigenvalue weighted by Gasteiger charge is -2.30. The zero-order valence-electron chi connectivity index (χ0n) is 47.2. The molecule has 79 heavy (non-hydrogen) atoms. The number of allylic oxidation sites excluding steroid dienone is 3. The van der Waals surface area contributed by atoms with Crippen LogP contribution < -0.4 is 14.8 Å². The summed E-state index contributed by atoms with van der Waals surface area (Å²) in [5.74, 6) is -0.219. The van der Waals surface area contributed by atoms with Crippen molar-refractivity contribution in [1.29, 1.82) is 0 Å². The van der Waals surface area contributed by atoms with Crippen LogP contribution >= 0.6 is 0 Å². The first-order chi connectivity index (χ1) is 37.8. The van der Waals surface area contributed by atoms with E-state index in [2.05, 4.69) is 37.5 Å². The molecule has 1 aromatic carbocycles. The van der Waals surface area contributed by atoms with Gasteiger partial charge in [-0.25, -0.2) is 4.58 Å². The van der Waals surface area contributed by atoms with Gasteiger partial charge in [0.2, 0.25) is 5.36 Å². The summed E-state index contributed by atoms with van der Waals surface area (Å²) in [6.07, 6.45) is 7.47. The Labute approximate surface area is 467 Å². The molecule has 3 aliphatic rings. The number of nitrogens with zero attached hydrogens (tertiary/aromatic N) is 2. The van der Waals surface area contributed by atoms with Crippen LogP contribution in [-0.4, -0.2) is 196 Å². The largest absolute Gasteiger partial charge is 0.481 e. The van der Waals surface area contributed by atoms with Gasteiger partial charge in [-0.2, -0.15) is 16.8 Å². The average molecular weight is 1160 g/mol. The number of carbonyl (C=O) groups is 1. The topological polar surface area (TPSA) is 258 Å². The lowest BCUT2D eigenvalue weighted by molar-refractivity contribution is -0.137. The van der Waals surface area contributed by atoms with Crippen molar-refractivity contribution >= 4 is 38.0 Å². The van der Waals surface area contributed by atoms with E-state index in [9.17, 15) is 35.8 Å². The molecule has 1 aliphatic carbocycles. The van der Waals surface area contributed by atoms with Crippen molar-refractivity contribution in [3.63, 3.8) is 0 Å². The molecule has 0 bridgehead atoms. The van der Waals surface area contributed by atoms with Gasteiger partial charge in [0, 0.05) is 55.6 Å². The molecule has 446 valence electrons. The number of carboxylic acid groups (broad SMARTS) is 1. The molecule has 0 fully saturated rings. The maximum atomic E-state index is 12.4. The Morgan fingerprint density at radius 3 is 1.67 bits per heavy atom. The number of rotatable bonds is 43. The van der Waals surface area contributed by atoms with Gasteiger partial charge in [0.05, 0.1) is 122 Å². The van der Waals surface area contributed by atoms with Crippen LogP contribution in [0.1, 0.15) is 83.1 Å². The van der Waals surface area contributed by atoms with Crippen molar-refractivity contribution in [2.75, 3.05) is 163 Å². The predicted octanol–water partition coefficient (Wildman–Crippen LogP) is 6.11. The molecule has 2 heterocycles. The van der Waals surface area contributed by atoms with Gasteiger partial charge in [-0.15, -0.1) is 0 Å². The average Bonchev–Trinajstić information content (AvgIpc) is 3.91. The first kappa shape index (κ1) is 67.3. The SMILES string of the molecule is COCCOCCOCCOCCOCC[N+](CCOCCOCCOCCOCCOC)=c1ccc2c(C(C)(C)C)cc(/C=C/C=C3/N(CCCCCC(=O)O)c4ccc(S(=O)(=O)O)cc4C3(C)CCCS(=O)(=O)O)oc-2c1. The van der Waals surface area contributed by atoms with Gasteiger partial charge in [-0.3, -0.25) is 13.9 Å². The van der Waals surface area contributed by atoms with Crippen molar-refractivity contribution in [3.8, 4) is 11.3 Å². The van der Waals surface area contributed by atoms with E-state index in [0.717, 1.165) is 16.5 Å². The number of ether oxygens (including phenoxy) is 10. The number of unbranched alkanes of at least 4 members (excludes halogenated alkanes) is 2. The van der Waals surface area contributed by atoms with Crippen LogP contribution in [0.15, 0.2) is 69.6 Å². The zero-order valence-corrected chi connectivity index (χ0v) is 48.8. The maximum Gasteiger partial charge on any atom is 0.303 e. The quantitative estimate of drug-likeness (QED) is 0.0328. The first-order valence-electron chi connectivity index (χ1n) is 27.0. The van der Waals surface area contributed by atoms with E-state index in [-0.39, 0.29) is 29.6 Å². The normalized spacial score (nSPS) is 15.5. The minimum Gasteiger partial charge on any atom is -0.481 e. The highest BCUT2D eigenvalue weighted by Crippen LogP contribution is 2.51. The smallest absolute Gasteiger partial charge is 0.303 e. The molecular formula is C56H87N2O19S2+. The number of aliphatic carboxylic acids is 1. The molecule has 2 aliphatic heterocycles. The first-order valence-corrected chi connectivity index (χ1v) is 30.0. The van der Waals surface area contributed by atoms with Crippen LogP contribution in [0, 0.1) is 0 Å². The summed E-state index contributed by atoms with van der Waals surface area (Å²) < 4.78 is 133. The fourth-order valence-corrected chi connectivity index (χ4v) is 9.90. The Kier molecular flexibility index (Phi) is 30.4. The summed E-state index contributed by atoms with van der Waals surface area (Å²) >= 11 is 0. The van der Waals surface area contributed by atoms with E-state index in [1.165, 1.54) is 12.1 Å². The predicted molar refractivity (Wildman–Crippen MR) is 299 cm³/mol. The monoisotopic (exact) mass is 1160 g/mol. The minimum absolute atomic E-state index is 0.0180. The van der Waals surface area contributed by atoms with E-state index in [1.807, 2.05) is 42.2 Å². The lowest BCUT2D eigenvalue weighted by Crippen LogP contribution is -2.36. The van der Waals surface area contributed by atoms with Crippen LogP contribution in [0.2, 0.25) is 0 Å². The molecule has 21 nitrogen and oxygen atoms in total. The van der Waals surface area contributed by atoms with E-state index >= 15 is 0 Å². The third-order valence-electron chi connectivity index (χ3n) is 12.9. The fraction of sp³-hybridized carbons (Fsp3) is 0.643. The molecular weight excluding hydrogens is 1070 g/mol.